The molecule has 5 heteroatoms. The first-order valence-electron chi connectivity index (χ1n) is 7.21. The summed E-state index contributed by atoms with van der Waals surface area (Å²) >= 11 is 5.84. The Morgan fingerprint density at radius 1 is 1.05 bits per heavy atom. The van der Waals surface area contributed by atoms with Crippen LogP contribution in [0.5, 0.6) is 0 Å². The standard InChI is InChI=1S/C17H18ClNO2S/c1-11-2-4-12(5-3-11)16-15(10-19)17(16)22(20,21)14-8-6-13(18)7-9-14/h2-9,15-17H,10,19H2,1H3/t15-,16+,17+/m0/s1. The third-order valence-electron chi connectivity index (χ3n) is 4.33. The third kappa shape index (κ3) is 2.67. The fraction of sp³-hybridized carbons (Fsp3) is 0.294. The molecule has 2 aromatic carbocycles. The van der Waals surface area contributed by atoms with Crippen LogP contribution in [0, 0.1) is 12.8 Å². The molecule has 0 unspecified atom stereocenters. The minimum absolute atomic E-state index is 0.0220. The van der Waals surface area contributed by atoms with Gasteiger partial charge in [-0.3, -0.25) is 0 Å². The SMILES string of the molecule is Cc1ccc([C@@H]2[C@H](CN)[C@H]2S(=O)(=O)c2ccc(Cl)cc2)cc1. The lowest BCUT2D eigenvalue weighted by molar-refractivity contribution is 0.591. The molecule has 3 rings (SSSR count). The zero-order valence-corrected chi connectivity index (χ0v) is 13.8. The molecule has 1 saturated carbocycles. The predicted molar refractivity (Wildman–Crippen MR) is 88.9 cm³/mol. The van der Waals surface area contributed by atoms with E-state index in [1.54, 1.807) is 24.3 Å². The molecule has 116 valence electrons. The van der Waals surface area contributed by atoms with Crippen molar-refractivity contribution in [2.45, 2.75) is 23.0 Å². The van der Waals surface area contributed by atoms with Gasteiger partial charge in [0.15, 0.2) is 9.84 Å². The molecule has 0 bridgehead atoms. The van der Waals surface area contributed by atoms with Crippen molar-refractivity contribution >= 4 is 21.4 Å². The Hall–Kier alpha value is -1.36. The second-order valence-corrected chi connectivity index (χ2v) is 8.34. The molecule has 2 N–H and O–H groups in total. The Kier molecular flexibility index (Phi) is 4.02. The molecule has 22 heavy (non-hydrogen) atoms. The van der Waals surface area contributed by atoms with Gasteiger partial charge in [0.25, 0.3) is 0 Å². The monoisotopic (exact) mass is 335 g/mol. The van der Waals surface area contributed by atoms with Gasteiger partial charge in [0.05, 0.1) is 10.1 Å². The number of rotatable bonds is 4. The lowest BCUT2D eigenvalue weighted by Crippen LogP contribution is -2.13. The maximum atomic E-state index is 12.8. The highest BCUT2D eigenvalue weighted by Crippen LogP contribution is 2.53. The molecule has 0 aliphatic heterocycles. The summed E-state index contributed by atoms with van der Waals surface area (Å²) in [5.74, 6) is -0.0466. The highest BCUT2D eigenvalue weighted by Gasteiger charge is 2.57. The molecule has 0 spiro atoms. The van der Waals surface area contributed by atoms with Crippen LogP contribution < -0.4 is 5.73 Å². The van der Waals surface area contributed by atoms with Crippen LogP contribution in [0.15, 0.2) is 53.4 Å². The first-order valence-corrected chi connectivity index (χ1v) is 9.13. The summed E-state index contributed by atoms with van der Waals surface area (Å²) < 4.78 is 25.7. The second kappa shape index (κ2) is 5.69. The lowest BCUT2D eigenvalue weighted by Gasteiger charge is -2.05. The molecule has 1 fully saturated rings. The normalized spacial score (nSPS) is 24.2. The number of nitrogens with two attached hydrogens (primary N) is 1. The predicted octanol–water partition coefficient (Wildman–Crippen LogP) is 3.16. The molecule has 3 nitrogen and oxygen atoms in total. The Balaban J connectivity index is 1.93. The molecule has 2 aromatic rings. The van der Waals surface area contributed by atoms with Gasteiger partial charge in [0.1, 0.15) is 0 Å². The van der Waals surface area contributed by atoms with E-state index in [2.05, 4.69) is 0 Å². The van der Waals surface area contributed by atoms with Crippen molar-refractivity contribution in [1.82, 2.24) is 0 Å². The number of hydrogen-bond acceptors (Lipinski definition) is 3. The van der Waals surface area contributed by atoms with E-state index in [1.807, 2.05) is 31.2 Å². The van der Waals surface area contributed by atoms with E-state index in [4.69, 9.17) is 17.3 Å². The van der Waals surface area contributed by atoms with E-state index in [1.165, 1.54) is 0 Å². The second-order valence-electron chi connectivity index (χ2n) is 5.80. The van der Waals surface area contributed by atoms with Crippen molar-refractivity contribution in [3.8, 4) is 0 Å². The molecule has 1 aliphatic carbocycles. The van der Waals surface area contributed by atoms with Gasteiger partial charge in [-0.25, -0.2) is 8.42 Å². The lowest BCUT2D eigenvalue weighted by atomic mass is 10.1. The first-order chi connectivity index (χ1) is 10.4. The zero-order valence-electron chi connectivity index (χ0n) is 12.2. The van der Waals surface area contributed by atoms with E-state index in [-0.39, 0.29) is 11.8 Å². The highest BCUT2D eigenvalue weighted by atomic mass is 35.5. The van der Waals surface area contributed by atoms with Crippen molar-refractivity contribution in [3.63, 3.8) is 0 Å². The number of benzene rings is 2. The van der Waals surface area contributed by atoms with Gasteiger partial charge in [-0.1, -0.05) is 41.4 Å². The van der Waals surface area contributed by atoms with Crippen molar-refractivity contribution < 1.29 is 8.42 Å². The Bertz CT molecular complexity index is 769. The highest BCUT2D eigenvalue weighted by molar-refractivity contribution is 7.92. The Labute approximate surface area is 136 Å². The molecule has 0 saturated heterocycles. The molecule has 0 aromatic heterocycles. The maximum Gasteiger partial charge on any atom is 0.182 e. The van der Waals surface area contributed by atoms with E-state index in [9.17, 15) is 8.42 Å². The van der Waals surface area contributed by atoms with Crippen LogP contribution >= 0.6 is 11.6 Å². The molecule has 0 radical (unpaired) electrons. The van der Waals surface area contributed by atoms with Crippen LogP contribution in [0.3, 0.4) is 0 Å². The average Bonchev–Trinajstić information content (AvgIpc) is 3.24. The average molecular weight is 336 g/mol. The summed E-state index contributed by atoms with van der Waals surface area (Å²) in [6.07, 6.45) is 0. The quantitative estimate of drug-likeness (QED) is 0.933. The molecular formula is C17H18ClNO2S. The number of sulfone groups is 1. The minimum Gasteiger partial charge on any atom is -0.330 e. The van der Waals surface area contributed by atoms with Gasteiger partial charge >= 0.3 is 0 Å². The van der Waals surface area contributed by atoms with Gasteiger partial charge in [0, 0.05) is 10.9 Å². The van der Waals surface area contributed by atoms with E-state index < -0.39 is 15.1 Å². The third-order valence-corrected chi connectivity index (χ3v) is 6.87. The summed E-state index contributed by atoms with van der Waals surface area (Å²) in [5.41, 5.74) is 8.00. The smallest absolute Gasteiger partial charge is 0.182 e. The van der Waals surface area contributed by atoms with Crippen molar-refractivity contribution in [1.29, 1.82) is 0 Å². The molecule has 0 heterocycles. The van der Waals surface area contributed by atoms with Gasteiger partial charge in [-0.05, 0) is 49.2 Å². The van der Waals surface area contributed by atoms with Crippen molar-refractivity contribution in [2.24, 2.45) is 11.7 Å². The zero-order chi connectivity index (χ0) is 15.9. The number of halogens is 1. The van der Waals surface area contributed by atoms with Crippen LogP contribution in [0.4, 0.5) is 0 Å². The first kappa shape index (κ1) is 15.5. The largest absolute Gasteiger partial charge is 0.330 e. The van der Waals surface area contributed by atoms with Gasteiger partial charge in [0.2, 0.25) is 0 Å². The van der Waals surface area contributed by atoms with E-state index in [0.29, 0.717) is 16.5 Å². The van der Waals surface area contributed by atoms with Crippen molar-refractivity contribution in [2.75, 3.05) is 6.54 Å². The summed E-state index contributed by atoms with van der Waals surface area (Å²) in [6, 6.07) is 14.4. The summed E-state index contributed by atoms with van der Waals surface area (Å²) in [4.78, 5) is 0.315. The Morgan fingerprint density at radius 3 is 2.18 bits per heavy atom. The van der Waals surface area contributed by atoms with Gasteiger partial charge in [-0.2, -0.15) is 0 Å². The van der Waals surface area contributed by atoms with Gasteiger partial charge in [-0.15, -0.1) is 0 Å². The summed E-state index contributed by atoms with van der Waals surface area (Å²) in [6.45, 7) is 2.38. The molecule has 3 atom stereocenters. The van der Waals surface area contributed by atoms with Crippen molar-refractivity contribution in [3.05, 3.63) is 64.7 Å². The van der Waals surface area contributed by atoms with Crippen LogP contribution in [-0.4, -0.2) is 20.2 Å². The molecule has 0 amide bonds. The Morgan fingerprint density at radius 2 is 1.64 bits per heavy atom. The fourth-order valence-electron chi connectivity index (χ4n) is 3.05. The maximum absolute atomic E-state index is 12.8. The summed E-state index contributed by atoms with van der Waals surface area (Å²) in [7, 11) is -3.39. The van der Waals surface area contributed by atoms with E-state index in [0.717, 1.165) is 11.1 Å². The summed E-state index contributed by atoms with van der Waals surface area (Å²) in [5, 5.41) is 0.0848. The number of aryl methyl sites for hydroxylation is 1. The minimum atomic E-state index is -3.39. The van der Waals surface area contributed by atoms with Crippen LogP contribution in [-0.2, 0) is 9.84 Å². The topological polar surface area (TPSA) is 60.2 Å². The fourth-order valence-corrected chi connectivity index (χ4v) is 5.40. The molecular weight excluding hydrogens is 318 g/mol. The molecule has 1 aliphatic rings. The number of hydrogen-bond donors (Lipinski definition) is 1. The van der Waals surface area contributed by atoms with E-state index >= 15 is 0 Å². The van der Waals surface area contributed by atoms with Crippen LogP contribution in [0.2, 0.25) is 5.02 Å². The van der Waals surface area contributed by atoms with Crippen LogP contribution in [0.25, 0.3) is 0 Å². The van der Waals surface area contributed by atoms with Crippen LogP contribution in [0.1, 0.15) is 17.0 Å². The van der Waals surface area contributed by atoms with Gasteiger partial charge < -0.3 is 5.73 Å².